The average molecular weight is 350 g/mol. The van der Waals surface area contributed by atoms with E-state index in [0.29, 0.717) is 18.4 Å². The predicted molar refractivity (Wildman–Crippen MR) is 93.6 cm³/mol. The number of carbonyl (C=O) groups is 1. The van der Waals surface area contributed by atoms with Gasteiger partial charge in [-0.2, -0.15) is 0 Å². The van der Waals surface area contributed by atoms with E-state index in [0.717, 1.165) is 24.8 Å². The Morgan fingerprint density at radius 1 is 1.32 bits per heavy atom. The first-order valence-electron chi connectivity index (χ1n) is 9.26. The maximum atomic E-state index is 11.8. The van der Waals surface area contributed by atoms with Crippen LogP contribution in [0.1, 0.15) is 46.0 Å². The number of aliphatic hydroxyl groups excluding tert-OH is 3. The number of hydrogen-bond acceptors (Lipinski definition) is 5. The molecule has 0 bridgehead atoms. The van der Waals surface area contributed by atoms with E-state index in [4.69, 9.17) is 4.74 Å². The molecule has 0 aromatic rings. The zero-order valence-electron chi connectivity index (χ0n) is 15.2. The van der Waals surface area contributed by atoms with Gasteiger partial charge < -0.3 is 20.1 Å². The van der Waals surface area contributed by atoms with Gasteiger partial charge in [-0.3, -0.25) is 0 Å². The second kappa shape index (κ2) is 6.53. The molecule has 3 aliphatic rings. The number of aliphatic hydroxyl groups is 3. The first-order valence-corrected chi connectivity index (χ1v) is 9.26. The average Bonchev–Trinajstić information content (AvgIpc) is 2.89. The SMILES string of the molecule is C=C1CC[C@H]2[C@](C)(CO)[C@H](O)CC[C@@]2(C)[C@@H]1C/C=C1\C(=O)OC[C@H]1O. The van der Waals surface area contributed by atoms with Gasteiger partial charge in [-0.05, 0) is 49.4 Å². The number of allylic oxidation sites excluding steroid dienone is 2. The summed E-state index contributed by atoms with van der Waals surface area (Å²) in [4.78, 5) is 11.8. The molecule has 25 heavy (non-hydrogen) atoms. The monoisotopic (exact) mass is 350 g/mol. The Hall–Kier alpha value is -1.17. The van der Waals surface area contributed by atoms with Gasteiger partial charge in [-0.25, -0.2) is 4.79 Å². The third-order valence-electron chi connectivity index (χ3n) is 7.23. The van der Waals surface area contributed by atoms with Gasteiger partial charge in [0, 0.05) is 5.41 Å². The summed E-state index contributed by atoms with van der Waals surface area (Å²) in [5, 5.41) is 30.4. The molecule has 6 atom stereocenters. The van der Waals surface area contributed by atoms with Crippen LogP contribution >= 0.6 is 0 Å². The molecule has 1 heterocycles. The smallest absolute Gasteiger partial charge is 0.336 e. The van der Waals surface area contributed by atoms with Crippen molar-refractivity contribution in [2.24, 2.45) is 22.7 Å². The minimum absolute atomic E-state index is 0.0280. The highest BCUT2D eigenvalue weighted by Gasteiger charge is 2.57. The second-order valence-corrected chi connectivity index (χ2v) is 8.54. The van der Waals surface area contributed by atoms with Gasteiger partial charge in [0.2, 0.25) is 0 Å². The standard InChI is InChI=1S/C20H30O5/c1-12-4-7-16-19(2,9-8-17(23)20(16,3)11-21)14(12)6-5-13-15(22)10-25-18(13)24/h5,14-17,21-23H,1,4,6-11H2,2-3H3/b13-5-/t14-,15-,16-,17-,19+,20+/m1/s1. The van der Waals surface area contributed by atoms with Crippen LogP contribution in [0, 0.1) is 22.7 Å². The Labute approximate surface area is 149 Å². The lowest BCUT2D eigenvalue weighted by Crippen LogP contribution is -2.57. The van der Waals surface area contributed by atoms with Gasteiger partial charge in [0.15, 0.2) is 0 Å². The molecule has 2 aliphatic carbocycles. The van der Waals surface area contributed by atoms with Crippen molar-refractivity contribution in [1.29, 1.82) is 0 Å². The summed E-state index contributed by atoms with van der Waals surface area (Å²) in [6.07, 6.45) is 4.42. The first-order chi connectivity index (χ1) is 11.7. The maximum absolute atomic E-state index is 11.8. The highest BCUT2D eigenvalue weighted by molar-refractivity contribution is 5.91. The Bertz CT molecular complexity index is 597. The Morgan fingerprint density at radius 2 is 2.04 bits per heavy atom. The van der Waals surface area contributed by atoms with Gasteiger partial charge in [0.05, 0.1) is 18.3 Å². The molecule has 0 amide bonds. The lowest BCUT2D eigenvalue weighted by molar-refractivity contribution is -0.151. The molecule has 3 N–H and O–H groups in total. The van der Waals surface area contributed by atoms with Crippen LogP contribution in [-0.2, 0) is 9.53 Å². The number of ether oxygens (including phenoxy) is 1. The minimum Gasteiger partial charge on any atom is -0.459 e. The number of fused-ring (bicyclic) bond motifs is 1. The molecule has 140 valence electrons. The Morgan fingerprint density at radius 3 is 2.64 bits per heavy atom. The van der Waals surface area contributed by atoms with E-state index in [-0.39, 0.29) is 30.5 Å². The molecule has 2 saturated carbocycles. The summed E-state index contributed by atoms with van der Waals surface area (Å²) in [7, 11) is 0. The summed E-state index contributed by atoms with van der Waals surface area (Å²) in [5.74, 6) is -0.0734. The van der Waals surface area contributed by atoms with Crippen LogP contribution in [0.4, 0.5) is 0 Å². The van der Waals surface area contributed by atoms with Crippen LogP contribution < -0.4 is 0 Å². The molecule has 5 nitrogen and oxygen atoms in total. The molecular weight excluding hydrogens is 320 g/mol. The lowest BCUT2D eigenvalue weighted by atomic mass is 9.46. The fourth-order valence-corrected chi connectivity index (χ4v) is 5.56. The van der Waals surface area contributed by atoms with E-state index in [1.807, 2.05) is 13.0 Å². The van der Waals surface area contributed by atoms with Crippen molar-refractivity contribution in [2.75, 3.05) is 13.2 Å². The van der Waals surface area contributed by atoms with Crippen molar-refractivity contribution in [3.63, 3.8) is 0 Å². The van der Waals surface area contributed by atoms with Crippen LogP contribution in [0.15, 0.2) is 23.8 Å². The highest BCUT2D eigenvalue weighted by atomic mass is 16.6. The van der Waals surface area contributed by atoms with Gasteiger partial charge in [-0.1, -0.05) is 32.1 Å². The summed E-state index contributed by atoms with van der Waals surface area (Å²) in [6.45, 7) is 8.50. The summed E-state index contributed by atoms with van der Waals surface area (Å²) >= 11 is 0. The van der Waals surface area contributed by atoms with Crippen LogP contribution in [0.25, 0.3) is 0 Å². The van der Waals surface area contributed by atoms with Crippen molar-refractivity contribution < 1.29 is 24.9 Å². The van der Waals surface area contributed by atoms with Gasteiger partial charge in [-0.15, -0.1) is 0 Å². The van der Waals surface area contributed by atoms with Crippen LogP contribution in [-0.4, -0.2) is 46.7 Å². The van der Waals surface area contributed by atoms with Crippen molar-refractivity contribution in [3.8, 4) is 0 Å². The molecule has 1 aliphatic heterocycles. The Kier molecular flexibility index (Phi) is 4.86. The minimum atomic E-state index is -0.844. The molecule has 3 fully saturated rings. The number of carbonyl (C=O) groups excluding carboxylic acids is 1. The van der Waals surface area contributed by atoms with Crippen molar-refractivity contribution >= 4 is 5.97 Å². The van der Waals surface area contributed by atoms with Crippen molar-refractivity contribution in [1.82, 2.24) is 0 Å². The molecular formula is C20H30O5. The molecule has 0 radical (unpaired) electrons. The molecule has 0 spiro atoms. The fraction of sp³-hybridized carbons (Fsp3) is 0.750. The predicted octanol–water partition coefficient (Wildman–Crippen LogP) is 1.96. The number of hydrogen-bond donors (Lipinski definition) is 3. The third-order valence-corrected chi connectivity index (χ3v) is 7.23. The zero-order valence-corrected chi connectivity index (χ0v) is 15.2. The summed E-state index contributed by atoms with van der Waals surface area (Å²) < 4.78 is 4.90. The molecule has 3 rings (SSSR count). The molecule has 0 aromatic heterocycles. The normalized spacial score (nSPS) is 46.2. The van der Waals surface area contributed by atoms with E-state index in [1.54, 1.807) is 0 Å². The maximum Gasteiger partial charge on any atom is 0.336 e. The van der Waals surface area contributed by atoms with Gasteiger partial charge in [0.25, 0.3) is 0 Å². The summed E-state index contributed by atoms with van der Waals surface area (Å²) in [6, 6.07) is 0. The fourth-order valence-electron chi connectivity index (χ4n) is 5.56. The van der Waals surface area contributed by atoms with Gasteiger partial charge in [0.1, 0.15) is 12.7 Å². The number of cyclic esters (lactones) is 1. The van der Waals surface area contributed by atoms with Crippen LogP contribution in [0.5, 0.6) is 0 Å². The van der Waals surface area contributed by atoms with Gasteiger partial charge >= 0.3 is 5.97 Å². The summed E-state index contributed by atoms with van der Waals surface area (Å²) in [5.41, 5.74) is 0.911. The third kappa shape index (κ3) is 2.86. The molecule has 0 unspecified atom stereocenters. The van der Waals surface area contributed by atoms with Crippen LogP contribution in [0.3, 0.4) is 0 Å². The van der Waals surface area contributed by atoms with Crippen LogP contribution in [0.2, 0.25) is 0 Å². The van der Waals surface area contributed by atoms with E-state index < -0.39 is 23.6 Å². The first kappa shape index (κ1) is 18.6. The highest BCUT2D eigenvalue weighted by Crippen LogP contribution is 2.61. The molecule has 1 saturated heterocycles. The number of esters is 1. The molecule has 5 heteroatoms. The van der Waals surface area contributed by atoms with E-state index in [9.17, 15) is 20.1 Å². The second-order valence-electron chi connectivity index (χ2n) is 8.54. The lowest BCUT2D eigenvalue weighted by Gasteiger charge is -2.59. The number of rotatable bonds is 3. The topological polar surface area (TPSA) is 87.0 Å². The van der Waals surface area contributed by atoms with Crippen molar-refractivity contribution in [3.05, 3.63) is 23.8 Å². The molecule has 0 aromatic carbocycles. The van der Waals surface area contributed by atoms with Crippen molar-refractivity contribution in [2.45, 2.75) is 58.2 Å². The van der Waals surface area contributed by atoms with E-state index >= 15 is 0 Å². The quantitative estimate of drug-likeness (QED) is 0.411. The van der Waals surface area contributed by atoms with E-state index in [1.165, 1.54) is 0 Å². The Balaban J connectivity index is 1.89. The largest absolute Gasteiger partial charge is 0.459 e. The van der Waals surface area contributed by atoms with E-state index in [2.05, 4.69) is 13.5 Å². The zero-order chi connectivity index (χ0) is 18.4.